The number of fused-ring (bicyclic) bond motifs is 1. The molecule has 0 saturated heterocycles. The van der Waals surface area contributed by atoms with Gasteiger partial charge in [-0.3, -0.25) is 4.79 Å². The number of hydrogen-bond donors (Lipinski definition) is 1. The van der Waals surface area contributed by atoms with Crippen LogP contribution in [0.4, 0.5) is 5.82 Å². The maximum atomic E-state index is 12.5. The molecule has 1 aliphatic heterocycles. The highest BCUT2D eigenvalue weighted by Gasteiger charge is 2.23. The largest absolute Gasteiger partial charge is 0.467 e. The third-order valence-electron chi connectivity index (χ3n) is 4.23. The Kier molecular flexibility index (Phi) is 4.43. The Morgan fingerprint density at radius 2 is 2.20 bits per heavy atom. The van der Waals surface area contributed by atoms with Crippen molar-refractivity contribution in [3.63, 3.8) is 0 Å². The average molecular weight is 355 g/mol. The minimum Gasteiger partial charge on any atom is -0.467 e. The van der Waals surface area contributed by atoms with E-state index < -0.39 is 0 Å². The van der Waals surface area contributed by atoms with E-state index in [4.69, 9.17) is 4.42 Å². The van der Waals surface area contributed by atoms with Crippen molar-refractivity contribution in [3.8, 4) is 0 Å². The average Bonchev–Trinajstić information content (AvgIpc) is 3.30. The molecule has 0 radical (unpaired) electrons. The number of nitrogens with zero attached hydrogens (tertiary/aromatic N) is 4. The Balaban J connectivity index is 1.49. The SMILES string of the molecule is O=C(c1cscn1)N1CCc2ncnc(NCc3ccco3)c2CC1. The molecule has 3 aromatic heterocycles. The van der Waals surface area contributed by atoms with Crippen LogP contribution in [0, 0.1) is 0 Å². The monoisotopic (exact) mass is 355 g/mol. The normalized spacial score (nSPS) is 14.0. The second-order valence-electron chi connectivity index (χ2n) is 5.75. The van der Waals surface area contributed by atoms with E-state index in [1.54, 1.807) is 23.5 Å². The van der Waals surface area contributed by atoms with Crippen molar-refractivity contribution in [2.45, 2.75) is 19.4 Å². The fraction of sp³-hybridized carbons (Fsp3) is 0.294. The molecule has 0 spiro atoms. The molecule has 3 aromatic rings. The standard InChI is InChI=1S/C17H17N5O2S/c23-17(15-9-25-11-21-15)22-5-3-13-14(4-6-22)19-10-20-16(13)18-8-12-2-1-7-24-12/h1-2,7,9-11H,3-6,8H2,(H,18,19,20). The number of furan rings is 1. The van der Waals surface area contributed by atoms with Gasteiger partial charge in [0.15, 0.2) is 0 Å². The molecule has 8 heteroatoms. The first-order valence-corrected chi connectivity index (χ1v) is 9.02. The lowest BCUT2D eigenvalue weighted by Gasteiger charge is -2.18. The van der Waals surface area contributed by atoms with Gasteiger partial charge in [-0.2, -0.15) is 0 Å². The van der Waals surface area contributed by atoms with Crippen LogP contribution < -0.4 is 5.32 Å². The van der Waals surface area contributed by atoms with Crippen LogP contribution >= 0.6 is 11.3 Å². The van der Waals surface area contributed by atoms with E-state index in [-0.39, 0.29) is 5.91 Å². The van der Waals surface area contributed by atoms with Crippen LogP contribution in [-0.4, -0.2) is 38.8 Å². The molecule has 1 N–H and O–H groups in total. The number of carbonyl (C=O) groups is 1. The van der Waals surface area contributed by atoms with E-state index >= 15 is 0 Å². The van der Waals surface area contributed by atoms with Crippen LogP contribution in [0.1, 0.15) is 27.5 Å². The van der Waals surface area contributed by atoms with Gasteiger partial charge in [0.2, 0.25) is 0 Å². The number of thiazole rings is 1. The van der Waals surface area contributed by atoms with E-state index in [1.807, 2.05) is 17.0 Å². The summed E-state index contributed by atoms with van der Waals surface area (Å²) in [5.74, 6) is 1.64. The molecular formula is C17H17N5O2S. The number of nitrogens with one attached hydrogen (secondary N) is 1. The Labute approximate surface area is 148 Å². The van der Waals surface area contributed by atoms with Crippen LogP contribution in [0.5, 0.6) is 0 Å². The molecule has 0 aliphatic carbocycles. The van der Waals surface area contributed by atoms with E-state index in [9.17, 15) is 4.79 Å². The first-order chi connectivity index (χ1) is 12.3. The van der Waals surface area contributed by atoms with Gasteiger partial charge in [0.25, 0.3) is 5.91 Å². The third kappa shape index (κ3) is 3.39. The molecular weight excluding hydrogens is 338 g/mol. The van der Waals surface area contributed by atoms with Crippen LogP contribution in [-0.2, 0) is 19.4 Å². The van der Waals surface area contributed by atoms with Gasteiger partial charge in [-0.25, -0.2) is 15.0 Å². The number of aromatic nitrogens is 3. The van der Waals surface area contributed by atoms with Gasteiger partial charge in [0.05, 0.1) is 24.0 Å². The summed E-state index contributed by atoms with van der Waals surface area (Å²) in [4.78, 5) is 27.3. The summed E-state index contributed by atoms with van der Waals surface area (Å²) in [5, 5.41) is 5.10. The molecule has 1 aliphatic rings. The van der Waals surface area contributed by atoms with Gasteiger partial charge in [0.1, 0.15) is 23.6 Å². The predicted octanol–water partition coefficient (Wildman–Crippen LogP) is 2.38. The van der Waals surface area contributed by atoms with E-state index in [1.165, 1.54) is 11.3 Å². The molecule has 0 bridgehead atoms. The quantitative estimate of drug-likeness (QED) is 0.773. The molecule has 128 valence electrons. The maximum Gasteiger partial charge on any atom is 0.273 e. The first-order valence-electron chi connectivity index (χ1n) is 8.08. The zero-order valence-electron chi connectivity index (χ0n) is 13.5. The van der Waals surface area contributed by atoms with Gasteiger partial charge < -0.3 is 14.6 Å². The summed E-state index contributed by atoms with van der Waals surface area (Å²) >= 11 is 1.43. The Hall–Kier alpha value is -2.74. The summed E-state index contributed by atoms with van der Waals surface area (Å²) < 4.78 is 5.35. The second kappa shape index (κ2) is 7.02. The maximum absolute atomic E-state index is 12.5. The highest BCUT2D eigenvalue weighted by molar-refractivity contribution is 7.07. The summed E-state index contributed by atoms with van der Waals surface area (Å²) in [7, 11) is 0. The molecule has 0 fully saturated rings. The minimum atomic E-state index is -0.0212. The highest BCUT2D eigenvalue weighted by Crippen LogP contribution is 2.22. The number of carbonyl (C=O) groups excluding carboxylic acids is 1. The molecule has 0 saturated carbocycles. The van der Waals surface area contributed by atoms with Crippen molar-refractivity contribution in [1.29, 1.82) is 0 Å². The van der Waals surface area contributed by atoms with Crippen molar-refractivity contribution >= 4 is 23.1 Å². The lowest BCUT2D eigenvalue weighted by molar-refractivity contribution is 0.0758. The van der Waals surface area contributed by atoms with Crippen molar-refractivity contribution < 1.29 is 9.21 Å². The van der Waals surface area contributed by atoms with Crippen molar-refractivity contribution in [2.24, 2.45) is 0 Å². The summed E-state index contributed by atoms with van der Waals surface area (Å²) in [6.45, 7) is 1.84. The van der Waals surface area contributed by atoms with E-state index in [0.29, 0.717) is 38.2 Å². The highest BCUT2D eigenvalue weighted by atomic mass is 32.1. The fourth-order valence-corrected chi connectivity index (χ4v) is 3.47. The van der Waals surface area contributed by atoms with Gasteiger partial charge in [-0.1, -0.05) is 0 Å². The molecule has 7 nitrogen and oxygen atoms in total. The Morgan fingerprint density at radius 1 is 1.28 bits per heavy atom. The van der Waals surface area contributed by atoms with Gasteiger partial charge in [-0.15, -0.1) is 11.3 Å². The lowest BCUT2D eigenvalue weighted by atomic mass is 10.1. The zero-order chi connectivity index (χ0) is 17.1. The van der Waals surface area contributed by atoms with Crippen LogP contribution in [0.2, 0.25) is 0 Å². The Morgan fingerprint density at radius 3 is 3.00 bits per heavy atom. The van der Waals surface area contributed by atoms with Crippen LogP contribution in [0.15, 0.2) is 40.0 Å². The first kappa shape index (κ1) is 15.8. The van der Waals surface area contributed by atoms with Crippen molar-refractivity contribution in [1.82, 2.24) is 19.9 Å². The fourth-order valence-electron chi connectivity index (χ4n) is 2.95. The zero-order valence-corrected chi connectivity index (χ0v) is 14.3. The van der Waals surface area contributed by atoms with E-state index in [2.05, 4.69) is 20.3 Å². The molecule has 1 amide bonds. The summed E-state index contributed by atoms with van der Waals surface area (Å²) in [6, 6.07) is 3.78. The molecule has 25 heavy (non-hydrogen) atoms. The van der Waals surface area contributed by atoms with Gasteiger partial charge in [-0.05, 0) is 18.6 Å². The van der Waals surface area contributed by atoms with Crippen LogP contribution in [0.25, 0.3) is 0 Å². The third-order valence-corrected chi connectivity index (χ3v) is 4.82. The topological polar surface area (TPSA) is 84.2 Å². The minimum absolute atomic E-state index is 0.0212. The number of amides is 1. The van der Waals surface area contributed by atoms with Crippen molar-refractivity contribution in [3.05, 3.63) is 58.3 Å². The molecule has 4 rings (SSSR count). The number of hydrogen-bond acceptors (Lipinski definition) is 7. The number of rotatable bonds is 4. The Bertz CT molecular complexity index is 848. The molecule has 0 unspecified atom stereocenters. The van der Waals surface area contributed by atoms with Gasteiger partial charge >= 0.3 is 0 Å². The predicted molar refractivity (Wildman–Crippen MR) is 93.5 cm³/mol. The molecule has 0 aromatic carbocycles. The number of anilines is 1. The van der Waals surface area contributed by atoms with Crippen molar-refractivity contribution in [2.75, 3.05) is 18.4 Å². The molecule has 4 heterocycles. The smallest absolute Gasteiger partial charge is 0.273 e. The second-order valence-corrected chi connectivity index (χ2v) is 6.47. The summed E-state index contributed by atoms with van der Waals surface area (Å²) in [5.41, 5.74) is 4.26. The lowest BCUT2D eigenvalue weighted by Crippen LogP contribution is -2.33. The van der Waals surface area contributed by atoms with Gasteiger partial charge in [0, 0.05) is 30.5 Å². The van der Waals surface area contributed by atoms with E-state index in [0.717, 1.165) is 22.8 Å². The van der Waals surface area contributed by atoms with Crippen LogP contribution in [0.3, 0.4) is 0 Å². The summed E-state index contributed by atoms with van der Waals surface area (Å²) in [6.07, 6.45) is 4.65. The molecule has 0 atom stereocenters.